The van der Waals surface area contributed by atoms with E-state index in [1.165, 1.54) is 0 Å². The van der Waals surface area contributed by atoms with Crippen LogP contribution in [0.15, 0.2) is 83.3 Å². The van der Waals surface area contributed by atoms with Crippen LogP contribution in [-0.2, 0) is 17.8 Å². The molecule has 0 radical (unpaired) electrons. The molecule has 0 aliphatic carbocycles. The second kappa shape index (κ2) is 12.8. The van der Waals surface area contributed by atoms with E-state index < -0.39 is 12.1 Å². The third-order valence-electron chi connectivity index (χ3n) is 7.15. The average Bonchev–Trinajstić information content (AvgIpc) is 3.58. The number of benzene rings is 3. The molecular formula is C32H36N4O4. The maximum atomic E-state index is 13.6. The fourth-order valence-electron chi connectivity index (χ4n) is 5.14. The molecule has 208 valence electrons. The molecule has 0 saturated carbocycles. The summed E-state index contributed by atoms with van der Waals surface area (Å²) >= 11 is 0. The molecule has 4 aromatic rings. The third kappa shape index (κ3) is 6.70. The number of carbonyl (C=O) groups excluding carboxylic acids is 2. The average molecular weight is 541 g/mol. The van der Waals surface area contributed by atoms with Gasteiger partial charge < -0.3 is 30.4 Å². The van der Waals surface area contributed by atoms with Gasteiger partial charge in [0.25, 0.3) is 5.91 Å². The van der Waals surface area contributed by atoms with Crippen LogP contribution in [0.4, 0.5) is 11.4 Å². The zero-order valence-corrected chi connectivity index (χ0v) is 22.7. The number of hydrogen-bond donors (Lipinski definition) is 4. The highest BCUT2D eigenvalue weighted by Gasteiger charge is 2.26. The second-order valence-corrected chi connectivity index (χ2v) is 10.2. The van der Waals surface area contributed by atoms with Gasteiger partial charge in [-0.2, -0.15) is 0 Å². The van der Waals surface area contributed by atoms with E-state index in [0.29, 0.717) is 43.7 Å². The number of fused-ring (bicyclic) bond motifs is 1. The standard InChI is InChI=1S/C32H36N4O4/c1-2-34-25-16-24(17-26(19-25)36-14-8-13-31(36)38)32(39)35-28(15-22-9-4-3-5-10-22)29(37)21-33-20-27-18-23-11-6-7-12-30(23)40-27/h3-7,9-12,16-19,28-29,33-34,37H,2,8,13-15,20-21H2,1H3,(H,35,39)/t28-,29+/m0/s1. The number of para-hydroxylation sites is 1. The predicted octanol–water partition coefficient (Wildman–Crippen LogP) is 4.48. The van der Waals surface area contributed by atoms with E-state index in [2.05, 4.69) is 16.0 Å². The lowest BCUT2D eigenvalue weighted by Crippen LogP contribution is -2.48. The summed E-state index contributed by atoms with van der Waals surface area (Å²) in [6, 6.07) is 24.5. The summed E-state index contributed by atoms with van der Waals surface area (Å²) in [5, 5.41) is 21.8. The van der Waals surface area contributed by atoms with Gasteiger partial charge in [0.05, 0.1) is 18.7 Å². The van der Waals surface area contributed by atoms with Crippen LogP contribution >= 0.6 is 0 Å². The van der Waals surface area contributed by atoms with E-state index in [9.17, 15) is 14.7 Å². The van der Waals surface area contributed by atoms with Crippen LogP contribution < -0.4 is 20.9 Å². The first-order valence-corrected chi connectivity index (χ1v) is 13.9. The van der Waals surface area contributed by atoms with Crippen LogP contribution in [0.1, 0.15) is 41.4 Å². The first-order valence-electron chi connectivity index (χ1n) is 13.9. The number of rotatable bonds is 12. The van der Waals surface area contributed by atoms with E-state index in [1.807, 2.05) is 73.7 Å². The summed E-state index contributed by atoms with van der Waals surface area (Å²) in [6.07, 6.45) is 0.923. The van der Waals surface area contributed by atoms with Crippen LogP contribution in [0.3, 0.4) is 0 Å². The van der Waals surface area contributed by atoms with Gasteiger partial charge in [-0.3, -0.25) is 9.59 Å². The molecule has 1 fully saturated rings. The first kappa shape index (κ1) is 27.4. The minimum Gasteiger partial charge on any atom is -0.460 e. The number of carbonyl (C=O) groups is 2. The lowest BCUT2D eigenvalue weighted by molar-refractivity contribution is -0.117. The summed E-state index contributed by atoms with van der Waals surface area (Å²) in [6.45, 7) is 4.03. The zero-order valence-electron chi connectivity index (χ0n) is 22.7. The largest absolute Gasteiger partial charge is 0.460 e. The van der Waals surface area contributed by atoms with Gasteiger partial charge in [-0.05, 0) is 55.7 Å². The molecule has 8 heteroatoms. The van der Waals surface area contributed by atoms with Gasteiger partial charge in [-0.1, -0.05) is 48.5 Å². The maximum Gasteiger partial charge on any atom is 0.251 e. The molecule has 0 bridgehead atoms. The Labute approximate surface area is 234 Å². The predicted molar refractivity (Wildman–Crippen MR) is 158 cm³/mol. The van der Waals surface area contributed by atoms with Crippen LogP contribution in [0.25, 0.3) is 11.0 Å². The monoisotopic (exact) mass is 540 g/mol. The Hall–Kier alpha value is -4.14. The number of nitrogens with zero attached hydrogens (tertiary/aromatic N) is 1. The van der Waals surface area contributed by atoms with Crippen molar-refractivity contribution >= 4 is 34.2 Å². The highest BCUT2D eigenvalue weighted by Crippen LogP contribution is 2.27. The fourth-order valence-corrected chi connectivity index (χ4v) is 5.14. The van der Waals surface area contributed by atoms with Crippen molar-refractivity contribution in [2.24, 2.45) is 0 Å². The van der Waals surface area contributed by atoms with Crippen molar-refractivity contribution in [2.75, 3.05) is 29.9 Å². The molecule has 1 aliphatic heterocycles. The number of amides is 2. The summed E-state index contributed by atoms with van der Waals surface area (Å²) in [5.41, 5.74) is 3.75. The minimum absolute atomic E-state index is 0.0629. The molecule has 5 rings (SSSR count). The number of nitrogens with one attached hydrogen (secondary N) is 3. The molecular weight excluding hydrogens is 504 g/mol. The molecule has 2 heterocycles. The molecule has 1 aliphatic rings. The normalized spacial score (nSPS) is 14.8. The van der Waals surface area contributed by atoms with Gasteiger partial charge in [-0.15, -0.1) is 0 Å². The van der Waals surface area contributed by atoms with Gasteiger partial charge in [0, 0.05) is 48.4 Å². The number of aliphatic hydroxyl groups is 1. The quantitative estimate of drug-likeness (QED) is 0.211. The highest BCUT2D eigenvalue weighted by atomic mass is 16.3. The topological polar surface area (TPSA) is 107 Å². The number of hydrogen-bond acceptors (Lipinski definition) is 6. The maximum absolute atomic E-state index is 13.6. The highest BCUT2D eigenvalue weighted by molar-refractivity contribution is 6.00. The molecule has 8 nitrogen and oxygen atoms in total. The van der Waals surface area contributed by atoms with Gasteiger partial charge in [0.1, 0.15) is 11.3 Å². The van der Waals surface area contributed by atoms with Crippen molar-refractivity contribution in [1.82, 2.24) is 10.6 Å². The van der Waals surface area contributed by atoms with Gasteiger partial charge >= 0.3 is 0 Å². The smallest absolute Gasteiger partial charge is 0.251 e. The van der Waals surface area contributed by atoms with Gasteiger partial charge in [0.2, 0.25) is 5.91 Å². The Bertz CT molecular complexity index is 1420. The number of anilines is 2. The van der Waals surface area contributed by atoms with Crippen molar-refractivity contribution in [3.63, 3.8) is 0 Å². The third-order valence-corrected chi connectivity index (χ3v) is 7.15. The van der Waals surface area contributed by atoms with Crippen molar-refractivity contribution in [2.45, 2.75) is 44.9 Å². The van der Waals surface area contributed by atoms with Crippen molar-refractivity contribution in [1.29, 1.82) is 0 Å². The molecule has 2 atom stereocenters. The Morgan fingerprint density at radius 2 is 1.85 bits per heavy atom. The lowest BCUT2D eigenvalue weighted by Gasteiger charge is -2.25. The molecule has 0 unspecified atom stereocenters. The van der Waals surface area contributed by atoms with Crippen molar-refractivity contribution in [3.05, 3.63) is 95.7 Å². The summed E-state index contributed by atoms with van der Waals surface area (Å²) in [7, 11) is 0. The number of aliphatic hydroxyl groups excluding tert-OH is 1. The first-order chi connectivity index (χ1) is 19.5. The van der Waals surface area contributed by atoms with E-state index in [0.717, 1.165) is 34.4 Å². The van der Waals surface area contributed by atoms with Gasteiger partial charge in [-0.25, -0.2) is 0 Å². The van der Waals surface area contributed by atoms with Crippen LogP contribution in [-0.4, -0.2) is 48.7 Å². The molecule has 2 amide bonds. The molecule has 1 aromatic heterocycles. The molecule has 40 heavy (non-hydrogen) atoms. The Kier molecular flexibility index (Phi) is 8.78. The summed E-state index contributed by atoms with van der Waals surface area (Å²) < 4.78 is 5.87. The fraction of sp³-hybridized carbons (Fsp3) is 0.312. The van der Waals surface area contributed by atoms with Crippen LogP contribution in [0.5, 0.6) is 0 Å². The zero-order chi connectivity index (χ0) is 27.9. The molecule has 3 aromatic carbocycles. The van der Waals surface area contributed by atoms with Gasteiger partial charge in [0.15, 0.2) is 0 Å². The molecule has 0 spiro atoms. The van der Waals surface area contributed by atoms with Crippen LogP contribution in [0, 0.1) is 0 Å². The Balaban J connectivity index is 1.31. The van der Waals surface area contributed by atoms with E-state index in [4.69, 9.17) is 4.42 Å². The van der Waals surface area contributed by atoms with Crippen LogP contribution in [0.2, 0.25) is 0 Å². The summed E-state index contributed by atoms with van der Waals surface area (Å²) in [4.78, 5) is 27.7. The van der Waals surface area contributed by atoms with E-state index >= 15 is 0 Å². The molecule has 4 N–H and O–H groups in total. The minimum atomic E-state index is -0.856. The van der Waals surface area contributed by atoms with E-state index in [1.54, 1.807) is 17.0 Å². The molecule has 1 saturated heterocycles. The number of furan rings is 1. The van der Waals surface area contributed by atoms with E-state index in [-0.39, 0.29) is 18.4 Å². The Morgan fingerprint density at radius 1 is 1.05 bits per heavy atom. The summed E-state index contributed by atoms with van der Waals surface area (Å²) in [5.74, 6) is 0.541. The second-order valence-electron chi connectivity index (χ2n) is 10.2. The van der Waals surface area contributed by atoms with Crippen molar-refractivity contribution in [3.8, 4) is 0 Å². The SMILES string of the molecule is CCNc1cc(C(=O)N[C@@H](Cc2ccccc2)[C@H](O)CNCc2cc3ccccc3o2)cc(N2CCCC2=O)c1. The Morgan fingerprint density at radius 3 is 2.60 bits per heavy atom. The van der Waals surface area contributed by atoms with Crippen molar-refractivity contribution < 1.29 is 19.1 Å². The lowest BCUT2D eigenvalue weighted by atomic mass is 10.00.